The predicted molar refractivity (Wildman–Crippen MR) is 220 cm³/mol. The maximum atomic E-state index is 12.9. The molecule has 0 bridgehead atoms. The van der Waals surface area contributed by atoms with E-state index in [-0.39, 0.29) is 152 Å². The Labute approximate surface area is 354 Å². The Morgan fingerprint density at radius 3 is 1.79 bits per heavy atom. The smallest absolute Gasteiger partial charge is 0.326 e. The number of rotatable bonds is 21. The number of benzene rings is 1. The van der Waals surface area contributed by atoms with Gasteiger partial charge in [-0.25, -0.2) is 14.8 Å². The molecule has 1 aliphatic rings. The lowest BCUT2D eigenvalue weighted by Crippen LogP contribution is -2.49. The molecular formula is C38H52N12O12. The number of aliphatic carboxylic acids is 4. The van der Waals surface area contributed by atoms with Crippen molar-refractivity contribution in [3.63, 3.8) is 0 Å². The number of hydrogen-bond acceptors (Lipinski definition) is 17. The van der Waals surface area contributed by atoms with Crippen LogP contribution in [0.25, 0.3) is 11.2 Å². The lowest BCUT2D eigenvalue weighted by atomic mass is 10.1. The molecule has 1 fully saturated rings. The number of nitrogens with two attached hydrogens (primary N) is 1. The molecule has 10 N–H and O–H groups in total. The number of carbonyl (C=O) groups excluding carboxylic acids is 3. The lowest BCUT2D eigenvalue weighted by Gasteiger charge is -2.32. The topological polar surface area (TPSA) is 347 Å². The zero-order valence-corrected chi connectivity index (χ0v) is 34.0. The summed E-state index contributed by atoms with van der Waals surface area (Å²) in [7, 11) is 0. The summed E-state index contributed by atoms with van der Waals surface area (Å²) in [5, 5.41) is 46.2. The van der Waals surface area contributed by atoms with Gasteiger partial charge in [-0.2, -0.15) is 4.98 Å². The zero-order valence-electron chi connectivity index (χ0n) is 34.0. The lowest BCUT2D eigenvalue weighted by molar-refractivity contribution is -0.140. The van der Waals surface area contributed by atoms with Crippen LogP contribution in [0.5, 0.6) is 0 Å². The van der Waals surface area contributed by atoms with Crippen molar-refractivity contribution in [1.82, 2.24) is 50.2 Å². The molecule has 2 aromatic heterocycles. The van der Waals surface area contributed by atoms with Gasteiger partial charge in [-0.05, 0) is 37.1 Å². The van der Waals surface area contributed by atoms with Gasteiger partial charge >= 0.3 is 23.9 Å². The molecule has 24 nitrogen and oxygen atoms in total. The molecule has 0 aliphatic carbocycles. The van der Waals surface area contributed by atoms with E-state index in [1.165, 1.54) is 18.3 Å². The molecule has 4 rings (SSSR count). The van der Waals surface area contributed by atoms with Crippen molar-refractivity contribution >= 4 is 64.3 Å². The molecule has 1 saturated heterocycles. The second-order valence-corrected chi connectivity index (χ2v) is 14.6. The third kappa shape index (κ3) is 16.8. The van der Waals surface area contributed by atoms with Gasteiger partial charge in [0.15, 0.2) is 11.2 Å². The van der Waals surface area contributed by atoms with Crippen molar-refractivity contribution in [3.8, 4) is 0 Å². The number of fused-ring (bicyclic) bond motifs is 1. The molecule has 24 heteroatoms. The van der Waals surface area contributed by atoms with Gasteiger partial charge in [0.25, 0.3) is 11.5 Å². The molecule has 1 aromatic carbocycles. The second kappa shape index (κ2) is 24.0. The number of carboxylic acid groups (broad SMARTS) is 4. The summed E-state index contributed by atoms with van der Waals surface area (Å²) < 4.78 is 0. The van der Waals surface area contributed by atoms with E-state index in [1.54, 1.807) is 31.7 Å². The number of carboxylic acids is 4. The Morgan fingerprint density at radius 1 is 0.742 bits per heavy atom. The van der Waals surface area contributed by atoms with E-state index in [4.69, 9.17) is 5.73 Å². The van der Waals surface area contributed by atoms with Gasteiger partial charge in [-0.3, -0.25) is 58.1 Å². The Hall–Kier alpha value is -6.63. The third-order valence-electron chi connectivity index (χ3n) is 9.75. The first-order valence-corrected chi connectivity index (χ1v) is 19.8. The first-order valence-electron chi connectivity index (χ1n) is 19.8. The molecule has 3 aromatic rings. The van der Waals surface area contributed by atoms with Crippen LogP contribution in [0.4, 0.5) is 11.6 Å². The Morgan fingerprint density at radius 2 is 1.27 bits per heavy atom. The number of hydrogen-bond donors (Lipinski definition) is 9. The van der Waals surface area contributed by atoms with E-state index in [2.05, 4.69) is 35.9 Å². The van der Waals surface area contributed by atoms with Gasteiger partial charge in [-0.1, -0.05) is 0 Å². The van der Waals surface area contributed by atoms with Crippen molar-refractivity contribution in [2.24, 2.45) is 0 Å². The minimum Gasteiger partial charge on any atom is -0.480 e. The number of nitrogens with zero attached hydrogens (tertiary/aromatic N) is 7. The molecule has 1 aliphatic heterocycles. The van der Waals surface area contributed by atoms with Crippen molar-refractivity contribution in [1.29, 1.82) is 0 Å². The molecule has 1 atom stereocenters. The van der Waals surface area contributed by atoms with Gasteiger partial charge in [0.2, 0.25) is 11.9 Å². The van der Waals surface area contributed by atoms with Gasteiger partial charge < -0.3 is 42.1 Å². The van der Waals surface area contributed by atoms with Crippen LogP contribution in [0.2, 0.25) is 0 Å². The standard InChI is InChI=1S/C38H52N12O12/c39-38-45-34-33(36(60)46-38)43-26(19-42-34)18-41-25-5-3-24(4-6-25)35(59)44-28(37(61)62)8-7-27(51)2-1-9-40-29(52)20-47-10-12-48(21-30(53)54)14-16-50(23-32(57)58)17-15-49(13-11-47)22-31(55)56/h3-6,19,28,41H,1-2,7-18,20-23H2,(H,40,52)(H,44,59)(H,53,54)(H,55,56)(H,57,58)(H,61,62)(H3,39,42,45,46,60)/t28-/m0/s1. The first kappa shape index (κ1) is 48.0. The summed E-state index contributed by atoms with van der Waals surface area (Å²) in [6, 6.07) is 4.83. The number of anilines is 2. The molecule has 2 amide bonds. The van der Waals surface area contributed by atoms with E-state index in [1.807, 2.05) is 0 Å². The van der Waals surface area contributed by atoms with Crippen LogP contribution in [0.1, 0.15) is 41.7 Å². The van der Waals surface area contributed by atoms with Crippen LogP contribution in [0.15, 0.2) is 35.3 Å². The average Bonchev–Trinajstić information content (AvgIpc) is 3.20. The van der Waals surface area contributed by atoms with E-state index >= 15 is 0 Å². The maximum absolute atomic E-state index is 12.9. The minimum atomic E-state index is -1.34. The Balaban J connectivity index is 1.20. The van der Waals surface area contributed by atoms with E-state index in [9.17, 15) is 58.8 Å². The van der Waals surface area contributed by atoms with Crippen molar-refractivity contribution in [3.05, 3.63) is 52.1 Å². The third-order valence-corrected chi connectivity index (χ3v) is 9.75. The van der Waals surface area contributed by atoms with Crippen molar-refractivity contribution in [2.75, 3.05) is 96.1 Å². The Bertz CT molecular complexity index is 2090. The molecule has 0 unspecified atom stereocenters. The molecule has 0 saturated carbocycles. The van der Waals surface area contributed by atoms with Crippen LogP contribution in [0.3, 0.4) is 0 Å². The maximum Gasteiger partial charge on any atom is 0.326 e. The number of aromatic nitrogens is 4. The molecule has 62 heavy (non-hydrogen) atoms. The zero-order chi connectivity index (χ0) is 45.2. The fraction of sp³-hybridized carbons (Fsp3) is 0.500. The molecular weight excluding hydrogens is 816 g/mol. The summed E-state index contributed by atoms with van der Waals surface area (Å²) in [5.41, 5.74) is 6.35. The van der Waals surface area contributed by atoms with E-state index in [0.29, 0.717) is 11.4 Å². The molecule has 336 valence electrons. The average molecular weight is 869 g/mol. The van der Waals surface area contributed by atoms with Gasteiger partial charge in [0.05, 0.1) is 44.6 Å². The highest BCUT2D eigenvalue weighted by atomic mass is 16.4. The molecule has 0 radical (unpaired) electrons. The van der Waals surface area contributed by atoms with Gasteiger partial charge in [-0.15, -0.1) is 0 Å². The minimum absolute atomic E-state index is 0.0274. The number of nitrogens with one attached hydrogen (secondary N) is 4. The number of nitrogen functional groups attached to an aromatic ring is 1. The van der Waals surface area contributed by atoms with E-state index in [0.717, 1.165) is 0 Å². The quantitative estimate of drug-likeness (QED) is 0.0514. The number of ketones is 1. The summed E-state index contributed by atoms with van der Waals surface area (Å²) >= 11 is 0. The monoisotopic (exact) mass is 868 g/mol. The van der Waals surface area contributed by atoms with Gasteiger partial charge in [0, 0.05) is 83.0 Å². The van der Waals surface area contributed by atoms with E-state index < -0.39 is 41.4 Å². The highest BCUT2D eigenvalue weighted by molar-refractivity contribution is 5.97. The molecule has 0 spiro atoms. The Kier molecular flexibility index (Phi) is 18.6. The normalized spacial score (nSPS) is 15.4. The van der Waals surface area contributed by atoms with Crippen LogP contribution >= 0.6 is 0 Å². The number of carbonyl (C=O) groups is 7. The second-order valence-electron chi connectivity index (χ2n) is 14.6. The number of H-pyrrole nitrogens is 1. The van der Waals surface area contributed by atoms with Crippen LogP contribution in [-0.4, -0.2) is 193 Å². The van der Waals surface area contributed by atoms with Crippen molar-refractivity contribution in [2.45, 2.75) is 38.3 Å². The summed E-state index contributed by atoms with van der Waals surface area (Å²) in [6.45, 7) is 1.38. The van der Waals surface area contributed by atoms with Crippen LogP contribution in [-0.2, 0) is 35.3 Å². The number of amides is 2. The number of aromatic amines is 1. The fourth-order valence-electron chi connectivity index (χ4n) is 6.47. The fourth-order valence-corrected chi connectivity index (χ4v) is 6.47. The van der Waals surface area contributed by atoms with Gasteiger partial charge in [0.1, 0.15) is 11.8 Å². The van der Waals surface area contributed by atoms with Crippen molar-refractivity contribution < 1.29 is 54.0 Å². The summed E-state index contributed by atoms with van der Waals surface area (Å²) in [5.74, 6) is -5.87. The summed E-state index contributed by atoms with van der Waals surface area (Å²) in [4.78, 5) is 118. The van der Waals surface area contributed by atoms with Crippen LogP contribution < -0.4 is 27.2 Å². The SMILES string of the molecule is Nc1nc2ncc(CNc3ccc(C(=O)N[C@@H](CCC(=O)CCCNC(=O)CN4CCN(CC(=O)O)CCN(CC(=O)O)CCN(CC(=O)O)CC4)C(=O)O)cc3)nc2c(=O)[nH]1. The number of Topliss-reactive ketones (excluding diaryl/α,β-unsaturated/α-hetero) is 1. The largest absolute Gasteiger partial charge is 0.480 e. The predicted octanol–water partition coefficient (Wildman–Crippen LogP) is -2.19. The summed E-state index contributed by atoms with van der Waals surface area (Å²) in [6.07, 6.45) is 1.45. The molecule has 3 heterocycles. The van der Waals surface area contributed by atoms with Crippen LogP contribution in [0, 0.1) is 0 Å². The highest BCUT2D eigenvalue weighted by Gasteiger charge is 2.23. The highest BCUT2D eigenvalue weighted by Crippen LogP contribution is 2.13. The first-order chi connectivity index (χ1) is 29.5.